The van der Waals surface area contributed by atoms with Gasteiger partial charge in [0.25, 0.3) is 0 Å². The molecule has 1 aromatic carbocycles. The topological polar surface area (TPSA) is 47.3 Å². The maximum absolute atomic E-state index is 5.93. The summed E-state index contributed by atoms with van der Waals surface area (Å²) in [4.78, 5) is 0. The van der Waals surface area contributed by atoms with E-state index in [4.69, 9.17) is 10.6 Å². The Labute approximate surface area is 123 Å². The van der Waals surface area contributed by atoms with Crippen LogP contribution in [0.2, 0.25) is 0 Å². The van der Waals surface area contributed by atoms with Gasteiger partial charge in [-0.3, -0.25) is 11.3 Å². The van der Waals surface area contributed by atoms with E-state index >= 15 is 0 Å². The largest absolute Gasteiger partial charge is 0.376 e. The lowest BCUT2D eigenvalue weighted by Crippen LogP contribution is -2.52. The Bertz CT molecular complexity index is 381. The second kappa shape index (κ2) is 7.77. The summed E-state index contributed by atoms with van der Waals surface area (Å²) in [6.07, 6.45) is 2.04. The molecule has 0 bridgehead atoms. The number of nitrogens with two attached hydrogens (primary N) is 1. The van der Waals surface area contributed by atoms with Crippen LogP contribution < -0.4 is 11.3 Å². The third-order valence-corrected chi connectivity index (χ3v) is 3.67. The number of aryl methyl sites for hydroxylation is 1. The number of hydrogen-bond donors (Lipinski definition) is 2. The molecule has 3 heteroatoms. The minimum absolute atomic E-state index is 0.0520. The van der Waals surface area contributed by atoms with Crippen molar-refractivity contribution >= 4 is 0 Å². The number of hydrogen-bond acceptors (Lipinski definition) is 3. The lowest BCUT2D eigenvalue weighted by atomic mass is 9.82. The number of hydrazine groups is 1. The number of rotatable bonds is 7. The maximum Gasteiger partial charge on any atom is 0.0792 e. The van der Waals surface area contributed by atoms with Gasteiger partial charge in [0.05, 0.1) is 12.1 Å². The van der Waals surface area contributed by atoms with Gasteiger partial charge in [-0.25, -0.2) is 0 Å². The number of benzene rings is 1. The smallest absolute Gasteiger partial charge is 0.0792 e. The van der Waals surface area contributed by atoms with Crippen LogP contribution in [0.3, 0.4) is 0 Å². The van der Waals surface area contributed by atoms with Crippen LogP contribution in [-0.2, 0) is 17.6 Å². The third kappa shape index (κ3) is 4.89. The van der Waals surface area contributed by atoms with E-state index in [0.717, 1.165) is 12.8 Å². The third-order valence-electron chi connectivity index (χ3n) is 3.67. The van der Waals surface area contributed by atoms with Gasteiger partial charge in [-0.05, 0) is 36.3 Å². The zero-order chi connectivity index (χ0) is 15.2. The Kier molecular flexibility index (Phi) is 6.66. The Hall–Kier alpha value is -0.900. The summed E-state index contributed by atoms with van der Waals surface area (Å²) in [7, 11) is 0. The predicted molar refractivity (Wildman–Crippen MR) is 85.5 cm³/mol. The molecule has 0 aliphatic rings. The van der Waals surface area contributed by atoms with Crippen molar-refractivity contribution in [1.29, 1.82) is 0 Å². The van der Waals surface area contributed by atoms with Crippen molar-refractivity contribution in [2.45, 2.75) is 59.6 Å². The van der Waals surface area contributed by atoms with E-state index in [-0.39, 0.29) is 17.6 Å². The normalized spacial score (nSPS) is 15.1. The first-order valence-electron chi connectivity index (χ1n) is 7.57. The molecule has 3 nitrogen and oxygen atoms in total. The second-order valence-corrected chi connectivity index (χ2v) is 6.39. The van der Waals surface area contributed by atoms with Crippen molar-refractivity contribution in [2.75, 3.05) is 6.61 Å². The SMILES string of the molecule is CCOC(C(Cc1ccc(CC)cc1)NN)C(C)(C)C. The first-order valence-corrected chi connectivity index (χ1v) is 7.57. The molecule has 20 heavy (non-hydrogen) atoms. The standard InChI is InChI=1S/C17H30N2O/c1-6-13-8-10-14(11-9-13)12-15(19-18)16(20-7-2)17(3,4)5/h8-11,15-16,19H,6-7,12,18H2,1-5H3. The van der Waals surface area contributed by atoms with E-state index in [1.807, 2.05) is 6.92 Å². The molecule has 1 aromatic rings. The first kappa shape index (κ1) is 17.2. The summed E-state index contributed by atoms with van der Waals surface area (Å²) < 4.78 is 5.93. The molecule has 0 saturated heterocycles. The summed E-state index contributed by atoms with van der Waals surface area (Å²) in [6, 6.07) is 8.87. The van der Waals surface area contributed by atoms with Gasteiger partial charge in [-0.15, -0.1) is 0 Å². The molecule has 3 N–H and O–H groups in total. The van der Waals surface area contributed by atoms with Crippen LogP contribution in [0.5, 0.6) is 0 Å². The molecular weight excluding hydrogens is 248 g/mol. The van der Waals surface area contributed by atoms with Crippen molar-refractivity contribution in [1.82, 2.24) is 5.43 Å². The van der Waals surface area contributed by atoms with Crippen LogP contribution in [0.1, 0.15) is 45.7 Å². The van der Waals surface area contributed by atoms with Gasteiger partial charge in [-0.2, -0.15) is 0 Å². The highest BCUT2D eigenvalue weighted by Crippen LogP contribution is 2.26. The van der Waals surface area contributed by atoms with Crippen LogP contribution in [-0.4, -0.2) is 18.8 Å². The minimum Gasteiger partial charge on any atom is -0.376 e. The van der Waals surface area contributed by atoms with E-state index in [9.17, 15) is 0 Å². The molecule has 0 heterocycles. The predicted octanol–water partition coefficient (Wildman–Crippen LogP) is 3.07. The zero-order valence-electron chi connectivity index (χ0n) is 13.6. The van der Waals surface area contributed by atoms with Gasteiger partial charge < -0.3 is 4.74 Å². The summed E-state index contributed by atoms with van der Waals surface area (Å²) >= 11 is 0. The molecule has 1 rings (SSSR count). The Morgan fingerprint density at radius 2 is 1.65 bits per heavy atom. The molecule has 2 unspecified atom stereocenters. The molecule has 0 aromatic heterocycles. The monoisotopic (exact) mass is 278 g/mol. The summed E-state index contributed by atoms with van der Waals surface area (Å²) in [6.45, 7) is 11.5. The van der Waals surface area contributed by atoms with Gasteiger partial charge in [0, 0.05) is 6.61 Å². The summed E-state index contributed by atoms with van der Waals surface area (Å²) in [5.74, 6) is 5.77. The quantitative estimate of drug-likeness (QED) is 0.595. The highest BCUT2D eigenvalue weighted by Gasteiger charge is 2.32. The van der Waals surface area contributed by atoms with Crippen LogP contribution in [0, 0.1) is 5.41 Å². The van der Waals surface area contributed by atoms with Gasteiger partial charge in [-0.1, -0.05) is 52.0 Å². The summed E-state index contributed by atoms with van der Waals surface area (Å²) in [5, 5.41) is 0. The van der Waals surface area contributed by atoms with Crippen LogP contribution in [0.25, 0.3) is 0 Å². The van der Waals surface area contributed by atoms with E-state index in [0.29, 0.717) is 6.61 Å². The second-order valence-electron chi connectivity index (χ2n) is 6.39. The number of ether oxygens (including phenoxy) is 1. The molecular formula is C17H30N2O. The molecule has 0 aliphatic heterocycles. The van der Waals surface area contributed by atoms with E-state index in [1.54, 1.807) is 0 Å². The molecule has 2 atom stereocenters. The Morgan fingerprint density at radius 1 is 1.10 bits per heavy atom. The maximum atomic E-state index is 5.93. The average molecular weight is 278 g/mol. The molecule has 0 fully saturated rings. The Balaban J connectivity index is 2.82. The van der Waals surface area contributed by atoms with Crippen LogP contribution >= 0.6 is 0 Å². The van der Waals surface area contributed by atoms with E-state index in [2.05, 4.69) is 57.4 Å². The lowest BCUT2D eigenvalue weighted by Gasteiger charge is -2.36. The van der Waals surface area contributed by atoms with Gasteiger partial charge in [0.1, 0.15) is 0 Å². The van der Waals surface area contributed by atoms with E-state index < -0.39 is 0 Å². The highest BCUT2D eigenvalue weighted by atomic mass is 16.5. The molecule has 0 aliphatic carbocycles. The van der Waals surface area contributed by atoms with Crippen molar-refractivity contribution < 1.29 is 4.74 Å². The Morgan fingerprint density at radius 3 is 2.05 bits per heavy atom. The van der Waals surface area contributed by atoms with Crippen molar-refractivity contribution in [2.24, 2.45) is 11.3 Å². The fraction of sp³-hybridized carbons (Fsp3) is 0.647. The highest BCUT2D eigenvalue weighted by molar-refractivity contribution is 5.23. The van der Waals surface area contributed by atoms with Gasteiger partial charge >= 0.3 is 0 Å². The minimum atomic E-state index is 0.0520. The molecule has 0 amide bonds. The van der Waals surface area contributed by atoms with Crippen molar-refractivity contribution in [3.8, 4) is 0 Å². The molecule has 0 saturated carbocycles. The van der Waals surface area contributed by atoms with Crippen LogP contribution in [0.15, 0.2) is 24.3 Å². The summed E-state index contributed by atoms with van der Waals surface area (Å²) in [5.41, 5.74) is 5.65. The lowest BCUT2D eigenvalue weighted by molar-refractivity contribution is -0.0356. The molecule has 114 valence electrons. The molecule has 0 spiro atoms. The van der Waals surface area contributed by atoms with E-state index in [1.165, 1.54) is 11.1 Å². The average Bonchev–Trinajstić information content (AvgIpc) is 2.42. The fourth-order valence-electron chi connectivity index (χ4n) is 2.57. The fourth-order valence-corrected chi connectivity index (χ4v) is 2.57. The first-order chi connectivity index (χ1) is 9.42. The number of nitrogens with one attached hydrogen (secondary N) is 1. The van der Waals surface area contributed by atoms with Crippen LogP contribution in [0.4, 0.5) is 0 Å². The van der Waals surface area contributed by atoms with Gasteiger partial charge in [0.15, 0.2) is 0 Å². The zero-order valence-corrected chi connectivity index (χ0v) is 13.6. The molecule has 0 radical (unpaired) electrons. The van der Waals surface area contributed by atoms with Gasteiger partial charge in [0.2, 0.25) is 0 Å². The van der Waals surface area contributed by atoms with Crippen molar-refractivity contribution in [3.05, 3.63) is 35.4 Å². The van der Waals surface area contributed by atoms with Crippen molar-refractivity contribution in [3.63, 3.8) is 0 Å².